The topological polar surface area (TPSA) is 59.4 Å². The molecule has 1 N–H and O–H groups in total. The minimum atomic E-state index is -0.971. The molecule has 0 spiro atoms. The van der Waals surface area contributed by atoms with E-state index in [0.29, 0.717) is 0 Å². The number of hydrogen-bond donors (Lipinski definition) is 1. The van der Waals surface area contributed by atoms with Gasteiger partial charge in [-0.05, 0) is 12.8 Å². The highest BCUT2D eigenvalue weighted by molar-refractivity contribution is 7.10. The molecule has 1 aliphatic carbocycles. The number of thiazole rings is 1. The Balaban J connectivity index is 2.30. The molecule has 0 bridgehead atoms. The molecule has 1 aliphatic rings. The second-order valence-corrected chi connectivity index (χ2v) is 4.61. The van der Waals surface area contributed by atoms with Gasteiger partial charge in [-0.25, -0.2) is 9.78 Å². The van der Waals surface area contributed by atoms with E-state index in [1.807, 2.05) is 0 Å². The summed E-state index contributed by atoms with van der Waals surface area (Å²) in [5.41, 5.74) is -0.198. The summed E-state index contributed by atoms with van der Waals surface area (Å²) in [5.74, 6) is -0.971. The molecule has 82 valence electrons. The van der Waals surface area contributed by atoms with Gasteiger partial charge in [0.05, 0.1) is 0 Å². The number of methoxy groups -OCH3 is 1. The molecule has 0 aromatic carbocycles. The van der Waals surface area contributed by atoms with Crippen LogP contribution in [0.2, 0.25) is 0 Å². The maximum atomic E-state index is 10.7. The molecule has 1 aromatic rings. The van der Waals surface area contributed by atoms with Crippen molar-refractivity contribution < 1.29 is 14.6 Å². The van der Waals surface area contributed by atoms with Crippen molar-refractivity contribution in [2.24, 2.45) is 0 Å². The highest BCUT2D eigenvalue weighted by Gasteiger charge is 2.38. The van der Waals surface area contributed by atoms with Crippen molar-refractivity contribution in [3.8, 4) is 0 Å². The first-order chi connectivity index (χ1) is 7.18. The lowest BCUT2D eigenvalue weighted by molar-refractivity contribution is -0.00897. The molecule has 2 rings (SSSR count). The molecular formula is C10H13NO3S. The second kappa shape index (κ2) is 3.90. The molecule has 0 radical (unpaired) electrons. The lowest BCUT2D eigenvalue weighted by Gasteiger charge is -2.24. The van der Waals surface area contributed by atoms with E-state index in [2.05, 4.69) is 4.98 Å². The van der Waals surface area contributed by atoms with Crippen molar-refractivity contribution in [3.05, 3.63) is 16.1 Å². The Morgan fingerprint density at radius 1 is 1.60 bits per heavy atom. The van der Waals surface area contributed by atoms with Crippen LogP contribution in [0.3, 0.4) is 0 Å². The van der Waals surface area contributed by atoms with Gasteiger partial charge in [0.15, 0.2) is 5.69 Å². The first-order valence-electron chi connectivity index (χ1n) is 4.92. The van der Waals surface area contributed by atoms with E-state index in [-0.39, 0.29) is 11.3 Å². The van der Waals surface area contributed by atoms with Crippen LogP contribution < -0.4 is 0 Å². The van der Waals surface area contributed by atoms with E-state index in [9.17, 15) is 4.79 Å². The molecule has 0 amide bonds. The zero-order valence-electron chi connectivity index (χ0n) is 8.52. The Hall–Kier alpha value is -0.940. The third-order valence-corrected chi connectivity index (χ3v) is 3.94. The van der Waals surface area contributed by atoms with Crippen LogP contribution >= 0.6 is 11.3 Å². The second-order valence-electron chi connectivity index (χ2n) is 3.75. The van der Waals surface area contributed by atoms with Gasteiger partial charge in [0.1, 0.15) is 10.6 Å². The summed E-state index contributed by atoms with van der Waals surface area (Å²) >= 11 is 1.38. The Labute approximate surface area is 91.9 Å². The molecule has 15 heavy (non-hydrogen) atoms. The number of aromatic carboxylic acids is 1. The number of hydrogen-bond acceptors (Lipinski definition) is 4. The summed E-state index contributed by atoms with van der Waals surface area (Å²) < 4.78 is 5.53. The molecular weight excluding hydrogens is 214 g/mol. The largest absolute Gasteiger partial charge is 0.476 e. The van der Waals surface area contributed by atoms with Crippen LogP contribution in [0.5, 0.6) is 0 Å². The molecule has 1 fully saturated rings. The molecule has 5 heteroatoms. The minimum absolute atomic E-state index is 0.123. The van der Waals surface area contributed by atoms with E-state index in [1.165, 1.54) is 11.3 Å². The van der Waals surface area contributed by atoms with E-state index >= 15 is 0 Å². The summed E-state index contributed by atoms with van der Waals surface area (Å²) in [6.45, 7) is 0. The minimum Gasteiger partial charge on any atom is -0.476 e. The fourth-order valence-electron chi connectivity index (χ4n) is 2.03. The van der Waals surface area contributed by atoms with Crippen molar-refractivity contribution in [2.75, 3.05) is 7.11 Å². The zero-order valence-corrected chi connectivity index (χ0v) is 9.34. The van der Waals surface area contributed by atoms with Gasteiger partial charge in [-0.2, -0.15) is 0 Å². The van der Waals surface area contributed by atoms with Crippen LogP contribution in [0.1, 0.15) is 41.2 Å². The number of carboxylic acid groups (broad SMARTS) is 1. The fourth-order valence-corrected chi connectivity index (χ4v) is 3.06. The summed E-state index contributed by atoms with van der Waals surface area (Å²) in [7, 11) is 1.67. The van der Waals surface area contributed by atoms with E-state index in [0.717, 1.165) is 30.7 Å². The van der Waals surface area contributed by atoms with Gasteiger partial charge in [-0.15, -0.1) is 11.3 Å². The molecule has 0 aliphatic heterocycles. The highest BCUT2D eigenvalue weighted by atomic mass is 32.1. The predicted octanol–water partition coefficient (Wildman–Crippen LogP) is 2.26. The van der Waals surface area contributed by atoms with Crippen molar-refractivity contribution in [1.82, 2.24) is 4.98 Å². The highest BCUT2D eigenvalue weighted by Crippen LogP contribution is 2.42. The molecule has 0 saturated heterocycles. The maximum absolute atomic E-state index is 10.7. The smallest absolute Gasteiger partial charge is 0.355 e. The number of ether oxygens (including phenoxy) is 1. The van der Waals surface area contributed by atoms with Gasteiger partial charge in [0, 0.05) is 12.5 Å². The third-order valence-electron chi connectivity index (χ3n) is 2.92. The number of rotatable bonds is 3. The quantitative estimate of drug-likeness (QED) is 0.860. The van der Waals surface area contributed by atoms with Crippen LogP contribution in [-0.2, 0) is 10.3 Å². The van der Waals surface area contributed by atoms with Crippen molar-refractivity contribution in [2.45, 2.75) is 31.3 Å². The van der Waals surface area contributed by atoms with Crippen LogP contribution in [0.4, 0.5) is 0 Å². The van der Waals surface area contributed by atoms with Crippen molar-refractivity contribution in [3.63, 3.8) is 0 Å². The third kappa shape index (κ3) is 1.77. The number of aromatic nitrogens is 1. The van der Waals surface area contributed by atoms with E-state index < -0.39 is 5.97 Å². The Morgan fingerprint density at radius 2 is 2.27 bits per heavy atom. The first kappa shape index (κ1) is 10.6. The first-order valence-corrected chi connectivity index (χ1v) is 5.80. The number of carbonyl (C=O) groups is 1. The average molecular weight is 227 g/mol. The van der Waals surface area contributed by atoms with E-state index in [4.69, 9.17) is 9.84 Å². The van der Waals surface area contributed by atoms with Crippen molar-refractivity contribution >= 4 is 17.3 Å². The monoisotopic (exact) mass is 227 g/mol. The maximum Gasteiger partial charge on any atom is 0.355 e. The van der Waals surface area contributed by atoms with Gasteiger partial charge in [0.25, 0.3) is 0 Å². The number of carboxylic acids is 1. The molecule has 1 saturated carbocycles. The lowest BCUT2D eigenvalue weighted by atomic mass is 10.0. The van der Waals surface area contributed by atoms with Crippen LogP contribution in [0, 0.1) is 0 Å². The van der Waals surface area contributed by atoms with E-state index in [1.54, 1.807) is 12.5 Å². The van der Waals surface area contributed by atoms with Gasteiger partial charge in [-0.3, -0.25) is 0 Å². The van der Waals surface area contributed by atoms with Gasteiger partial charge in [-0.1, -0.05) is 12.8 Å². The molecule has 0 unspecified atom stereocenters. The van der Waals surface area contributed by atoms with Gasteiger partial charge < -0.3 is 9.84 Å². The fraction of sp³-hybridized carbons (Fsp3) is 0.600. The summed E-state index contributed by atoms with van der Waals surface area (Å²) in [4.78, 5) is 14.9. The lowest BCUT2D eigenvalue weighted by Crippen LogP contribution is -2.24. The Morgan fingerprint density at radius 3 is 2.73 bits per heavy atom. The SMILES string of the molecule is COC1(c2nc(C(=O)O)cs2)CCCC1. The molecule has 1 heterocycles. The van der Waals surface area contributed by atoms with Crippen LogP contribution in [-0.4, -0.2) is 23.2 Å². The normalized spacial score (nSPS) is 19.3. The number of nitrogens with zero attached hydrogens (tertiary/aromatic N) is 1. The summed E-state index contributed by atoms with van der Waals surface area (Å²) in [5, 5.41) is 11.2. The summed E-state index contributed by atoms with van der Waals surface area (Å²) in [6.07, 6.45) is 4.12. The molecule has 4 nitrogen and oxygen atoms in total. The van der Waals surface area contributed by atoms with Crippen LogP contribution in [0.15, 0.2) is 5.38 Å². The van der Waals surface area contributed by atoms with Gasteiger partial charge in [0.2, 0.25) is 0 Å². The summed E-state index contributed by atoms with van der Waals surface area (Å²) in [6, 6.07) is 0. The standard InChI is InChI=1S/C10H13NO3S/c1-14-10(4-2-3-5-10)9-11-7(6-15-9)8(12)13/h6H,2-5H2,1H3,(H,12,13). The Kier molecular flexibility index (Phi) is 2.75. The van der Waals surface area contributed by atoms with Crippen molar-refractivity contribution in [1.29, 1.82) is 0 Å². The zero-order chi connectivity index (χ0) is 10.9. The van der Waals surface area contributed by atoms with Gasteiger partial charge >= 0.3 is 5.97 Å². The Bertz CT molecular complexity index is 368. The predicted molar refractivity (Wildman–Crippen MR) is 56.2 cm³/mol. The molecule has 0 atom stereocenters. The van der Waals surface area contributed by atoms with Crippen LogP contribution in [0.25, 0.3) is 0 Å². The average Bonchev–Trinajstić information content (AvgIpc) is 2.87. The molecule has 1 aromatic heterocycles.